The highest BCUT2D eigenvalue weighted by molar-refractivity contribution is 8.03. The van der Waals surface area contributed by atoms with Gasteiger partial charge in [-0.15, -0.1) is 4.57 Å². The first-order valence-corrected chi connectivity index (χ1v) is 11.8. The average Bonchev–Trinajstić information content (AvgIpc) is 3.32. The lowest BCUT2D eigenvalue weighted by Crippen LogP contribution is -3.00. The number of esters is 1. The maximum atomic E-state index is 12.2. The fourth-order valence-corrected chi connectivity index (χ4v) is 5.42. The number of fused-ring (bicyclic) bond motifs is 2. The predicted octanol–water partition coefficient (Wildman–Crippen LogP) is 3.52. The zero-order chi connectivity index (χ0) is 20.9. The molecule has 1 atom stereocenters. The van der Waals surface area contributed by atoms with Crippen LogP contribution in [-0.4, -0.2) is 5.97 Å². The molecule has 0 fully saturated rings. The molecule has 4 nitrogen and oxygen atoms in total. The molecule has 7 heteroatoms. The van der Waals surface area contributed by atoms with Gasteiger partial charge in [0.1, 0.15) is 4.70 Å². The number of hydrogen-bond acceptors (Lipinski definition) is 5. The standard InChI is InChI=1S/C24H24N2O2S2.BrH/c1-3-4-16-24(27)28-17(2)26-19-11-6-8-13-21(19)30-23(26)15-9-14-22-25-18-10-5-7-12-20(18)29-22;/h5-15,17H,3-4,16H2,1-2H3;1H. The number of rotatable bonds is 7. The van der Waals surface area contributed by atoms with E-state index in [1.165, 1.54) is 9.60 Å². The Morgan fingerprint density at radius 3 is 2.77 bits per heavy atom. The summed E-state index contributed by atoms with van der Waals surface area (Å²) in [4.78, 5) is 13.4. The van der Waals surface area contributed by atoms with Crippen molar-refractivity contribution in [2.75, 3.05) is 5.32 Å². The number of ether oxygens (including phenoxy) is 1. The number of allylic oxidation sites excluding steroid dienone is 2. The van der Waals surface area contributed by atoms with E-state index in [4.69, 9.17) is 4.74 Å². The Kier molecular flexibility index (Phi) is 8.35. The van der Waals surface area contributed by atoms with Crippen LogP contribution < -0.4 is 26.9 Å². The highest BCUT2D eigenvalue weighted by Crippen LogP contribution is 2.40. The van der Waals surface area contributed by atoms with E-state index in [0.717, 1.165) is 34.1 Å². The molecule has 1 aliphatic heterocycles. The molecule has 31 heavy (non-hydrogen) atoms. The van der Waals surface area contributed by atoms with Crippen molar-refractivity contribution >= 4 is 51.0 Å². The molecule has 0 amide bonds. The van der Waals surface area contributed by atoms with Crippen molar-refractivity contribution in [3.05, 3.63) is 70.7 Å². The summed E-state index contributed by atoms with van der Waals surface area (Å²) in [6.07, 6.45) is 8.15. The number of nitrogens with one attached hydrogen (secondary N) is 1. The first-order valence-electron chi connectivity index (χ1n) is 10.2. The molecule has 0 bridgehead atoms. The third kappa shape index (κ3) is 5.59. The van der Waals surface area contributed by atoms with Crippen LogP contribution in [0.15, 0.2) is 70.6 Å². The first kappa shape index (κ1) is 23.6. The Hall–Kier alpha value is -2.09. The van der Waals surface area contributed by atoms with Crippen LogP contribution in [0.3, 0.4) is 0 Å². The van der Waals surface area contributed by atoms with Gasteiger partial charge in [0, 0.05) is 30.4 Å². The maximum Gasteiger partial charge on any atom is 0.310 e. The minimum atomic E-state index is -0.360. The number of thiazole rings is 1. The van der Waals surface area contributed by atoms with Crippen LogP contribution in [0.25, 0.3) is 16.3 Å². The second-order valence-corrected chi connectivity index (χ2v) is 9.23. The molecule has 2 heterocycles. The number of carbonyl (C=O) groups is 1. The molecular formula is C24H25BrN2O2S2. The lowest BCUT2D eigenvalue weighted by molar-refractivity contribution is -0.728. The Balaban J connectivity index is 0.00000272. The Morgan fingerprint density at radius 1 is 1.19 bits per heavy atom. The van der Waals surface area contributed by atoms with Crippen molar-refractivity contribution in [2.45, 2.75) is 44.2 Å². The number of halogens is 1. The fraction of sp³-hybridized carbons (Fsp3) is 0.250. The predicted molar refractivity (Wildman–Crippen MR) is 125 cm³/mol. The molecule has 0 radical (unpaired) electrons. The van der Waals surface area contributed by atoms with Gasteiger partial charge in [-0.2, -0.15) is 0 Å². The lowest BCUT2D eigenvalue weighted by atomic mass is 10.2. The number of benzene rings is 2. The van der Waals surface area contributed by atoms with Gasteiger partial charge in [-0.25, -0.2) is 0 Å². The summed E-state index contributed by atoms with van der Waals surface area (Å²) in [6.45, 7) is 4.01. The monoisotopic (exact) mass is 516 g/mol. The maximum absolute atomic E-state index is 12.2. The van der Waals surface area contributed by atoms with E-state index >= 15 is 0 Å². The van der Waals surface area contributed by atoms with Gasteiger partial charge in [0.05, 0.1) is 10.7 Å². The summed E-state index contributed by atoms with van der Waals surface area (Å²) in [7, 11) is 0. The molecule has 4 rings (SSSR count). The second kappa shape index (κ2) is 11.0. The summed E-state index contributed by atoms with van der Waals surface area (Å²) >= 11 is 3.42. The number of carbonyl (C=O) groups excluding carboxylic acids is 1. The number of nitrogens with zero attached hydrogens (tertiary/aromatic N) is 1. The lowest BCUT2D eigenvalue weighted by Gasteiger charge is -2.09. The Morgan fingerprint density at radius 2 is 1.97 bits per heavy atom. The number of unbranched alkanes of at least 4 members (excludes halogenated alkanes) is 1. The quantitative estimate of drug-likeness (QED) is 0.385. The van der Waals surface area contributed by atoms with Crippen LogP contribution in [0.2, 0.25) is 0 Å². The van der Waals surface area contributed by atoms with E-state index in [1.54, 1.807) is 23.1 Å². The van der Waals surface area contributed by atoms with Gasteiger partial charge in [0.2, 0.25) is 5.52 Å². The molecule has 2 aromatic carbocycles. The van der Waals surface area contributed by atoms with Crippen molar-refractivity contribution < 1.29 is 31.1 Å². The van der Waals surface area contributed by atoms with Gasteiger partial charge in [0.25, 0.3) is 5.01 Å². The molecule has 3 aromatic rings. The molecule has 1 unspecified atom stereocenters. The zero-order valence-corrected chi connectivity index (χ0v) is 20.7. The molecule has 0 spiro atoms. The first-order chi connectivity index (χ1) is 14.7. The molecule has 162 valence electrons. The Labute approximate surface area is 201 Å². The van der Waals surface area contributed by atoms with Gasteiger partial charge >= 0.3 is 12.2 Å². The third-order valence-electron chi connectivity index (χ3n) is 4.83. The van der Waals surface area contributed by atoms with E-state index in [1.807, 2.05) is 31.2 Å². The number of anilines is 1. The number of para-hydroxylation sites is 2. The fourth-order valence-electron chi connectivity index (χ4n) is 3.36. The molecule has 0 saturated heterocycles. The molecule has 1 aliphatic rings. The molecule has 0 aliphatic carbocycles. The molecule has 0 saturated carbocycles. The zero-order valence-electron chi connectivity index (χ0n) is 17.5. The van der Waals surface area contributed by atoms with Gasteiger partial charge in [-0.1, -0.05) is 66.8 Å². The highest BCUT2D eigenvalue weighted by Gasteiger charge is 2.26. The van der Waals surface area contributed by atoms with Crippen LogP contribution in [-0.2, 0) is 9.53 Å². The summed E-state index contributed by atoms with van der Waals surface area (Å²) < 4.78 is 9.00. The largest absolute Gasteiger partial charge is 1.00 e. The topological polar surface area (TPSA) is 42.2 Å². The average molecular weight is 518 g/mol. The van der Waals surface area contributed by atoms with Crippen LogP contribution in [0.1, 0.15) is 44.3 Å². The minimum Gasteiger partial charge on any atom is -1.00 e. The van der Waals surface area contributed by atoms with Crippen LogP contribution in [0.4, 0.5) is 5.69 Å². The van der Waals surface area contributed by atoms with Crippen LogP contribution in [0.5, 0.6) is 0 Å². The third-order valence-corrected chi connectivity index (χ3v) is 6.97. The highest BCUT2D eigenvalue weighted by atomic mass is 79.9. The van der Waals surface area contributed by atoms with Crippen molar-refractivity contribution in [2.24, 2.45) is 0 Å². The second-order valence-electron chi connectivity index (χ2n) is 7.08. The summed E-state index contributed by atoms with van der Waals surface area (Å²) in [5.41, 5.74) is 2.22. The summed E-state index contributed by atoms with van der Waals surface area (Å²) in [5, 5.41) is 5.57. The van der Waals surface area contributed by atoms with Crippen molar-refractivity contribution in [3.8, 4) is 0 Å². The Bertz CT molecular complexity index is 1100. The summed E-state index contributed by atoms with van der Waals surface area (Å²) in [5.74, 6) is -0.145. The van der Waals surface area contributed by atoms with E-state index in [2.05, 4.69) is 59.3 Å². The molecule has 1 aromatic heterocycles. The van der Waals surface area contributed by atoms with Crippen molar-refractivity contribution in [3.63, 3.8) is 0 Å². The molecular weight excluding hydrogens is 492 g/mol. The van der Waals surface area contributed by atoms with E-state index in [9.17, 15) is 4.79 Å². The van der Waals surface area contributed by atoms with Crippen molar-refractivity contribution in [1.29, 1.82) is 0 Å². The van der Waals surface area contributed by atoms with Gasteiger partial charge in [-0.05, 0) is 30.7 Å². The normalized spacial score (nSPS) is 15.0. The smallest absolute Gasteiger partial charge is 0.310 e. The van der Waals surface area contributed by atoms with Gasteiger partial charge in [-0.3, -0.25) is 4.79 Å². The molecule has 1 N–H and O–H groups in total. The number of aromatic nitrogens is 1. The van der Waals surface area contributed by atoms with E-state index < -0.39 is 0 Å². The van der Waals surface area contributed by atoms with Crippen molar-refractivity contribution in [1.82, 2.24) is 0 Å². The van der Waals surface area contributed by atoms with Gasteiger partial charge in [0.15, 0.2) is 0 Å². The van der Waals surface area contributed by atoms with E-state index in [0.29, 0.717) is 6.42 Å². The minimum absolute atomic E-state index is 0. The summed E-state index contributed by atoms with van der Waals surface area (Å²) in [6, 6.07) is 16.5. The van der Waals surface area contributed by atoms with Gasteiger partial charge < -0.3 is 27.0 Å². The number of hydrogen-bond donors (Lipinski definition) is 1. The van der Waals surface area contributed by atoms with E-state index in [-0.39, 0.29) is 29.2 Å². The SMILES string of the molecule is CCCCC(=O)OC(C)[n+]1c(C=CC=C2Nc3ccccc3S2)sc2ccccc21.[Br-]. The van der Waals surface area contributed by atoms with Crippen LogP contribution >= 0.6 is 23.1 Å². The number of thioether (sulfide) groups is 1. The van der Waals surface area contributed by atoms with Crippen LogP contribution in [0, 0.1) is 0 Å².